The number of carboxylic acid groups (broad SMARTS) is 1. The SMILES string of the molecule is C[C@H](C[C@H](C)[C@@H]1OC(=O)CC(=O)CCCC(=O)C[C@@H](O)C[C@@H](O)C[C@@H](O)CC(=O)C[C@H](O)[C@H](C(=O)O)[C@@H](O)C[C@H](O)/C=C/C=C/C=C/C=C/C=C/C=C/C=C/[C@@H]1C)[C@H](O)CC(=O)c1ccc(N)cc1. The fraction of sp³-hybridized carbons (Fsp3) is 0.509. The number of carbonyl (C=O) groups excluding carboxylic acids is 5. The van der Waals surface area contributed by atoms with Crippen LogP contribution in [0.2, 0.25) is 0 Å². The molecule has 16 nitrogen and oxygen atoms in total. The Bertz CT molecular complexity index is 2000. The fourth-order valence-corrected chi connectivity index (χ4v) is 7.93. The van der Waals surface area contributed by atoms with Gasteiger partial charge in [-0.25, -0.2) is 0 Å². The molecule has 380 valence electrons. The summed E-state index contributed by atoms with van der Waals surface area (Å²) in [6.45, 7) is 5.54. The third-order valence-electron chi connectivity index (χ3n) is 11.6. The molecule has 1 heterocycles. The Labute approximate surface area is 405 Å². The summed E-state index contributed by atoms with van der Waals surface area (Å²) in [6, 6.07) is 6.43. The number of aliphatic hydroxyl groups is 7. The van der Waals surface area contributed by atoms with E-state index in [4.69, 9.17) is 10.5 Å². The Morgan fingerprint density at radius 2 is 1.17 bits per heavy atom. The number of ether oxygens (including phenoxy) is 1. The normalized spacial score (nSPS) is 31.2. The number of hydrogen-bond acceptors (Lipinski definition) is 15. The Morgan fingerprint density at radius 1 is 0.667 bits per heavy atom. The van der Waals surface area contributed by atoms with Gasteiger partial charge in [0.2, 0.25) is 0 Å². The van der Waals surface area contributed by atoms with Crippen LogP contribution in [0.4, 0.5) is 5.69 Å². The van der Waals surface area contributed by atoms with E-state index < -0.39 is 116 Å². The van der Waals surface area contributed by atoms with Gasteiger partial charge in [-0.05, 0) is 61.8 Å². The summed E-state index contributed by atoms with van der Waals surface area (Å²) in [4.78, 5) is 76.1. The average molecular weight is 964 g/mol. The maximum Gasteiger partial charge on any atom is 0.313 e. The third-order valence-corrected chi connectivity index (χ3v) is 11.6. The standard InChI is InChI=1S/C53H73NO15/c1-34-17-14-12-10-8-6-4-5-7-9-11-13-15-18-40(56)30-48(64)51(53(67)68)49(65)31-45(61)29-44(60)28-43(59)27-42(58)26-39(55)19-16-20-41(57)32-50(66)69-52(34)36(3)25-35(2)46(62)33-47(63)37-21-23-38(54)24-22-37/h4-15,17-18,21-24,34-36,40,42-44,46,48-49,51-52,56,58-60,62,64-65H,16,19-20,25-33,54H2,1-3H3,(H,67,68)/b5-4+,8-6+,9-7+,12-10+,13-11+,17-14+,18-15+/t34-,35+,36-,40+,42+,43+,44+,46+,48-,49-,51+,52+/m0/s1. The van der Waals surface area contributed by atoms with Crippen LogP contribution in [-0.2, 0) is 28.7 Å². The second-order valence-electron chi connectivity index (χ2n) is 18.0. The molecular weight excluding hydrogens is 891 g/mol. The van der Waals surface area contributed by atoms with Crippen LogP contribution < -0.4 is 5.73 Å². The summed E-state index contributed by atoms with van der Waals surface area (Å²) in [7, 11) is 0. The first-order chi connectivity index (χ1) is 32.7. The molecule has 0 aliphatic carbocycles. The topological polar surface area (TPSA) is 300 Å². The van der Waals surface area contributed by atoms with Gasteiger partial charge < -0.3 is 51.3 Å². The molecule has 1 aromatic carbocycles. The minimum Gasteiger partial charge on any atom is -0.481 e. The van der Waals surface area contributed by atoms with Gasteiger partial charge in [-0.2, -0.15) is 0 Å². The highest BCUT2D eigenvalue weighted by molar-refractivity contribution is 5.97. The number of nitrogens with two attached hydrogens (primary N) is 1. The second kappa shape index (κ2) is 32.4. The van der Waals surface area contributed by atoms with Gasteiger partial charge in [0, 0.05) is 62.1 Å². The highest BCUT2D eigenvalue weighted by Crippen LogP contribution is 2.28. The maximum absolute atomic E-state index is 13.2. The molecule has 12 atom stereocenters. The van der Waals surface area contributed by atoms with Crippen molar-refractivity contribution in [2.45, 2.75) is 147 Å². The molecule has 0 fully saturated rings. The van der Waals surface area contributed by atoms with E-state index >= 15 is 0 Å². The van der Waals surface area contributed by atoms with Crippen LogP contribution in [0.25, 0.3) is 0 Å². The number of carbonyl (C=O) groups is 6. The molecule has 0 radical (unpaired) electrons. The van der Waals surface area contributed by atoms with Crippen molar-refractivity contribution in [2.24, 2.45) is 23.7 Å². The third kappa shape index (κ3) is 25.1. The number of allylic oxidation sites excluding steroid dienone is 12. The molecule has 0 saturated carbocycles. The summed E-state index contributed by atoms with van der Waals surface area (Å²) in [5.74, 6) is -7.11. The maximum atomic E-state index is 13.2. The van der Waals surface area contributed by atoms with Gasteiger partial charge in [0.05, 0.1) is 42.7 Å². The number of nitrogen functional groups attached to an aromatic ring is 1. The van der Waals surface area contributed by atoms with Crippen LogP contribution in [0.1, 0.15) is 108 Å². The van der Waals surface area contributed by atoms with E-state index in [2.05, 4.69) is 0 Å². The largest absolute Gasteiger partial charge is 0.481 e. The molecular formula is C53H73NO15. The summed E-state index contributed by atoms with van der Waals surface area (Å²) in [5.41, 5.74) is 6.68. The molecule has 0 bridgehead atoms. The van der Waals surface area contributed by atoms with Crippen molar-refractivity contribution in [3.8, 4) is 0 Å². The number of cyclic esters (lactones) is 1. The lowest BCUT2D eigenvalue weighted by molar-refractivity contribution is -0.156. The molecule has 1 aromatic rings. The fourth-order valence-electron chi connectivity index (χ4n) is 7.93. The van der Waals surface area contributed by atoms with E-state index in [9.17, 15) is 69.6 Å². The van der Waals surface area contributed by atoms with E-state index in [-0.39, 0.29) is 62.1 Å². The zero-order chi connectivity index (χ0) is 51.5. The molecule has 0 spiro atoms. The summed E-state index contributed by atoms with van der Waals surface area (Å²) in [5, 5.41) is 83.4. The van der Waals surface area contributed by atoms with Crippen LogP contribution in [0, 0.1) is 23.7 Å². The van der Waals surface area contributed by atoms with Gasteiger partial charge in [-0.1, -0.05) is 106 Å². The molecule has 69 heavy (non-hydrogen) atoms. The number of rotatable bonds is 8. The first-order valence-electron chi connectivity index (χ1n) is 23.5. The number of aliphatic carboxylic acids is 1. The zero-order valence-corrected chi connectivity index (χ0v) is 39.8. The van der Waals surface area contributed by atoms with Crippen molar-refractivity contribution < 1.29 is 74.4 Å². The van der Waals surface area contributed by atoms with Gasteiger partial charge in [-0.15, -0.1) is 0 Å². The van der Waals surface area contributed by atoms with E-state index in [0.717, 1.165) is 0 Å². The van der Waals surface area contributed by atoms with E-state index in [1.165, 1.54) is 12.2 Å². The van der Waals surface area contributed by atoms with Gasteiger partial charge >= 0.3 is 11.9 Å². The summed E-state index contributed by atoms with van der Waals surface area (Å²) >= 11 is 0. The number of esters is 1. The van der Waals surface area contributed by atoms with Gasteiger partial charge in [0.15, 0.2) is 5.78 Å². The van der Waals surface area contributed by atoms with Crippen molar-refractivity contribution in [1.82, 2.24) is 0 Å². The van der Waals surface area contributed by atoms with Gasteiger partial charge in [0.25, 0.3) is 0 Å². The van der Waals surface area contributed by atoms with Crippen molar-refractivity contribution in [1.29, 1.82) is 0 Å². The molecule has 0 amide bonds. The monoisotopic (exact) mass is 963 g/mol. The molecule has 1 aliphatic heterocycles. The lowest BCUT2D eigenvalue weighted by Crippen LogP contribution is -2.41. The number of carboxylic acids is 1. The van der Waals surface area contributed by atoms with Gasteiger partial charge in [-0.3, -0.25) is 28.8 Å². The smallest absolute Gasteiger partial charge is 0.313 e. The molecule has 0 saturated heterocycles. The van der Waals surface area contributed by atoms with Crippen LogP contribution in [-0.4, -0.2) is 125 Å². The molecule has 1 aliphatic rings. The minimum absolute atomic E-state index is 0.0817. The van der Waals surface area contributed by atoms with E-state index in [0.29, 0.717) is 17.7 Å². The zero-order valence-electron chi connectivity index (χ0n) is 39.8. The number of benzene rings is 1. The van der Waals surface area contributed by atoms with Crippen LogP contribution in [0.3, 0.4) is 0 Å². The summed E-state index contributed by atoms with van der Waals surface area (Å²) in [6.07, 6.45) is 9.87. The number of aliphatic hydroxyl groups excluding tert-OH is 7. The van der Waals surface area contributed by atoms with Crippen molar-refractivity contribution in [3.05, 3.63) is 115 Å². The number of hydrogen-bond donors (Lipinski definition) is 9. The molecule has 2 rings (SSSR count). The van der Waals surface area contributed by atoms with E-state index in [1.807, 2.05) is 26.8 Å². The predicted octanol–water partition coefficient (Wildman–Crippen LogP) is 4.79. The number of anilines is 1. The van der Waals surface area contributed by atoms with Crippen molar-refractivity contribution in [3.63, 3.8) is 0 Å². The lowest BCUT2D eigenvalue weighted by Gasteiger charge is -2.31. The van der Waals surface area contributed by atoms with Gasteiger partial charge in [0.1, 0.15) is 35.8 Å². The number of Topliss-reactive ketones (excluding diaryl/α,β-unsaturated/α-hetero) is 4. The molecule has 0 aromatic heterocycles. The van der Waals surface area contributed by atoms with Crippen LogP contribution in [0.5, 0.6) is 0 Å². The van der Waals surface area contributed by atoms with Crippen molar-refractivity contribution >= 4 is 40.8 Å². The Kier molecular flexibility index (Phi) is 28.0. The van der Waals surface area contributed by atoms with Crippen LogP contribution in [0.15, 0.2) is 109 Å². The number of ketones is 4. The Hall–Kier alpha value is -5.46. The Morgan fingerprint density at radius 3 is 1.72 bits per heavy atom. The predicted molar refractivity (Wildman–Crippen MR) is 260 cm³/mol. The van der Waals surface area contributed by atoms with E-state index in [1.54, 1.807) is 91.1 Å². The first kappa shape index (κ1) is 59.7. The van der Waals surface area contributed by atoms with Crippen LogP contribution >= 0.6 is 0 Å². The molecule has 0 unspecified atom stereocenters. The Balaban J connectivity index is 2.22. The highest BCUT2D eigenvalue weighted by atomic mass is 16.5. The molecule has 16 heteroatoms. The average Bonchev–Trinajstić information content (AvgIpc) is 3.24. The lowest BCUT2D eigenvalue weighted by atomic mass is 9.83. The summed E-state index contributed by atoms with van der Waals surface area (Å²) < 4.78 is 5.92. The molecule has 10 N–H and O–H groups in total. The van der Waals surface area contributed by atoms with Crippen molar-refractivity contribution in [2.75, 3.05) is 5.73 Å². The minimum atomic E-state index is -1.86. The quantitative estimate of drug-likeness (QED) is 0.0732. The second-order valence-corrected chi connectivity index (χ2v) is 18.0. The first-order valence-corrected chi connectivity index (χ1v) is 23.5. The highest BCUT2D eigenvalue weighted by Gasteiger charge is 2.36.